The second-order valence-corrected chi connectivity index (χ2v) is 8.57. The highest BCUT2D eigenvalue weighted by molar-refractivity contribution is 8.00. The molecule has 1 aromatic heterocycles. The summed E-state index contributed by atoms with van der Waals surface area (Å²) in [6.07, 6.45) is 0. The lowest BCUT2D eigenvalue weighted by Gasteiger charge is -2.20. The average molecular weight is 447 g/mol. The summed E-state index contributed by atoms with van der Waals surface area (Å²) in [5.41, 5.74) is 2.28. The zero-order valence-electron chi connectivity index (χ0n) is 17.9. The highest BCUT2D eigenvalue weighted by Crippen LogP contribution is 2.37. The third kappa shape index (κ3) is 4.73. The number of carbonyl (C=O) groups is 1. The normalized spacial score (nSPS) is 11.8. The molecule has 7 heteroatoms. The number of carbonyl (C=O) groups excluding carboxylic acids is 1. The van der Waals surface area contributed by atoms with E-state index in [1.165, 1.54) is 17.8 Å². The molecule has 32 heavy (non-hydrogen) atoms. The van der Waals surface area contributed by atoms with Crippen molar-refractivity contribution in [2.75, 3.05) is 14.1 Å². The molecule has 4 aromatic rings. The Morgan fingerprint density at radius 2 is 1.56 bits per heavy atom. The fourth-order valence-corrected chi connectivity index (χ4v) is 4.54. The van der Waals surface area contributed by atoms with Crippen molar-refractivity contribution in [2.45, 2.75) is 17.0 Å². The van der Waals surface area contributed by atoms with Gasteiger partial charge in [-0.05, 0) is 23.3 Å². The summed E-state index contributed by atoms with van der Waals surface area (Å²) in [5, 5.41) is 8.75. The molecule has 0 N–H and O–H groups in total. The lowest BCUT2D eigenvalue weighted by molar-refractivity contribution is -0.128. The summed E-state index contributed by atoms with van der Waals surface area (Å²) >= 11 is 1.32. The highest BCUT2D eigenvalue weighted by Gasteiger charge is 2.27. The average Bonchev–Trinajstić information content (AvgIpc) is 3.20. The number of likely N-dealkylation sites (N-methyl/N-ethyl adjacent to an activating group) is 1. The Balaban J connectivity index is 1.79. The number of benzene rings is 3. The van der Waals surface area contributed by atoms with Crippen molar-refractivity contribution in [1.82, 2.24) is 19.7 Å². The first kappa shape index (κ1) is 21.8. The van der Waals surface area contributed by atoms with Gasteiger partial charge in [0.25, 0.3) is 0 Å². The number of hydrogen-bond donors (Lipinski definition) is 0. The van der Waals surface area contributed by atoms with Gasteiger partial charge in [0.2, 0.25) is 5.91 Å². The van der Waals surface area contributed by atoms with Crippen LogP contribution in [-0.4, -0.2) is 39.7 Å². The van der Waals surface area contributed by atoms with E-state index in [0.717, 1.165) is 11.1 Å². The minimum absolute atomic E-state index is 0.0529. The highest BCUT2D eigenvalue weighted by atomic mass is 32.2. The monoisotopic (exact) mass is 446 g/mol. The van der Waals surface area contributed by atoms with E-state index in [9.17, 15) is 9.18 Å². The van der Waals surface area contributed by atoms with Gasteiger partial charge >= 0.3 is 0 Å². The van der Waals surface area contributed by atoms with E-state index >= 15 is 0 Å². The van der Waals surface area contributed by atoms with Gasteiger partial charge < -0.3 is 4.90 Å². The molecule has 0 aliphatic rings. The zero-order valence-corrected chi connectivity index (χ0v) is 18.7. The molecule has 0 bridgehead atoms. The van der Waals surface area contributed by atoms with Gasteiger partial charge in [-0.15, -0.1) is 10.2 Å². The van der Waals surface area contributed by atoms with Crippen LogP contribution in [0, 0.1) is 5.82 Å². The summed E-state index contributed by atoms with van der Waals surface area (Å²) in [4.78, 5) is 14.6. The molecule has 0 saturated heterocycles. The largest absolute Gasteiger partial charge is 0.348 e. The predicted octanol–water partition coefficient (Wildman–Crippen LogP) is 5.05. The van der Waals surface area contributed by atoms with E-state index < -0.39 is 5.25 Å². The lowest BCUT2D eigenvalue weighted by atomic mass is 10.1. The number of halogens is 1. The molecule has 1 amide bonds. The van der Waals surface area contributed by atoms with Crippen molar-refractivity contribution < 1.29 is 9.18 Å². The maximum absolute atomic E-state index is 14.6. The van der Waals surface area contributed by atoms with Crippen LogP contribution >= 0.6 is 11.8 Å². The smallest absolute Gasteiger partial charge is 0.240 e. The second kappa shape index (κ2) is 9.78. The van der Waals surface area contributed by atoms with Crippen LogP contribution in [0.4, 0.5) is 4.39 Å². The standard InChI is InChI=1S/C25H23FN4OS/c1-29(2)24(31)22(19-13-7-4-8-14-19)32-25-28-27-23(20-15-9-10-16-21(20)26)30(25)17-18-11-5-3-6-12-18/h3-16,22H,17H2,1-2H3. The maximum Gasteiger partial charge on any atom is 0.240 e. The van der Waals surface area contributed by atoms with Gasteiger partial charge in [0.1, 0.15) is 11.1 Å². The molecule has 0 saturated carbocycles. The van der Waals surface area contributed by atoms with Crippen LogP contribution in [0.1, 0.15) is 16.4 Å². The Hall–Kier alpha value is -3.45. The van der Waals surface area contributed by atoms with Crippen molar-refractivity contribution in [3.05, 3.63) is 102 Å². The number of hydrogen-bond acceptors (Lipinski definition) is 4. The van der Waals surface area contributed by atoms with E-state index in [1.54, 1.807) is 37.2 Å². The van der Waals surface area contributed by atoms with Gasteiger partial charge in [-0.3, -0.25) is 9.36 Å². The quantitative estimate of drug-likeness (QED) is 0.373. The second-order valence-electron chi connectivity index (χ2n) is 7.50. The molecule has 4 rings (SSSR count). The SMILES string of the molecule is CN(C)C(=O)C(Sc1nnc(-c2ccccc2F)n1Cc1ccccc1)c1ccccc1. The van der Waals surface area contributed by atoms with Gasteiger partial charge in [0.05, 0.1) is 12.1 Å². The zero-order chi connectivity index (χ0) is 22.5. The van der Waals surface area contributed by atoms with E-state index in [1.807, 2.05) is 65.2 Å². The molecule has 0 aliphatic carbocycles. The van der Waals surface area contributed by atoms with Gasteiger partial charge in [0.15, 0.2) is 11.0 Å². The van der Waals surface area contributed by atoms with Crippen LogP contribution in [0.25, 0.3) is 11.4 Å². The van der Waals surface area contributed by atoms with E-state index in [-0.39, 0.29) is 11.7 Å². The van der Waals surface area contributed by atoms with Gasteiger partial charge in [0, 0.05) is 14.1 Å². The Morgan fingerprint density at radius 1 is 0.938 bits per heavy atom. The molecular weight excluding hydrogens is 423 g/mol. The molecule has 1 heterocycles. The van der Waals surface area contributed by atoms with Crippen LogP contribution < -0.4 is 0 Å². The minimum Gasteiger partial charge on any atom is -0.348 e. The fourth-order valence-electron chi connectivity index (χ4n) is 3.35. The molecule has 5 nitrogen and oxygen atoms in total. The first-order valence-corrected chi connectivity index (χ1v) is 11.1. The van der Waals surface area contributed by atoms with Gasteiger partial charge in [-0.2, -0.15) is 0 Å². The molecule has 0 fully saturated rings. The topological polar surface area (TPSA) is 51.0 Å². The van der Waals surface area contributed by atoms with E-state index in [0.29, 0.717) is 23.1 Å². The van der Waals surface area contributed by atoms with Gasteiger partial charge in [-0.1, -0.05) is 84.6 Å². The lowest BCUT2D eigenvalue weighted by Crippen LogP contribution is -2.27. The number of rotatable bonds is 7. The Morgan fingerprint density at radius 3 is 2.22 bits per heavy atom. The molecule has 0 spiro atoms. The summed E-state index contributed by atoms with van der Waals surface area (Å²) in [7, 11) is 3.47. The third-order valence-corrected chi connectivity index (χ3v) is 6.23. The molecule has 3 aromatic carbocycles. The number of aromatic nitrogens is 3. The van der Waals surface area contributed by atoms with Crippen molar-refractivity contribution in [1.29, 1.82) is 0 Å². The molecule has 1 atom stereocenters. The van der Waals surface area contributed by atoms with Crippen LogP contribution in [0.3, 0.4) is 0 Å². The molecule has 162 valence electrons. The molecule has 1 unspecified atom stereocenters. The van der Waals surface area contributed by atoms with Crippen molar-refractivity contribution in [3.8, 4) is 11.4 Å². The molecule has 0 aliphatic heterocycles. The molecular formula is C25H23FN4OS. The maximum atomic E-state index is 14.6. The van der Waals surface area contributed by atoms with Crippen molar-refractivity contribution >= 4 is 17.7 Å². The number of nitrogens with zero attached hydrogens (tertiary/aromatic N) is 4. The van der Waals surface area contributed by atoms with Gasteiger partial charge in [-0.25, -0.2) is 4.39 Å². The number of thioether (sulfide) groups is 1. The van der Waals surface area contributed by atoms with Crippen LogP contribution in [0.5, 0.6) is 0 Å². The molecule has 0 radical (unpaired) electrons. The van der Waals surface area contributed by atoms with Crippen LogP contribution in [-0.2, 0) is 11.3 Å². The third-order valence-electron chi connectivity index (χ3n) is 5.01. The van der Waals surface area contributed by atoms with E-state index in [4.69, 9.17) is 0 Å². The Kier molecular flexibility index (Phi) is 6.66. The first-order chi connectivity index (χ1) is 15.5. The minimum atomic E-state index is -0.501. The first-order valence-electron chi connectivity index (χ1n) is 10.2. The van der Waals surface area contributed by atoms with E-state index in [2.05, 4.69) is 10.2 Å². The van der Waals surface area contributed by atoms with Crippen molar-refractivity contribution in [2.24, 2.45) is 0 Å². The summed E-state index contributed by atoms with van der Waals surface area (Å²) in [5.74, 6) is 0.0104. The Labute approximate surface area is 190 Å². The summed E-state index contributed by atoms with van der Waals surface area (Å²) < 4.78 is 16.5. The predicted molar refractivity (Wildman–Crippen MR) is 125 cm³/mol. The van der Waals surface area contributed by atoms with Crippen LogP contribution in [0.15, 0.2) is 90.1 Å². The summed E-state index contributed by atoms with van der Waals surface area (Å²) in [6.45, 7) is 0.456. The van der Waals surface area contributed by atoms with Crippen LogP contribution in [0.2, 0.25) is 0 Å². The number of amides is 1. The summed E-state index contributed by atoms with van der Waals surface area (Å²) in [6, 6.07) is 26.0. The van der Waals surface area contributed by atoms with Crippen molar-refractivity contribution in [3.63, 3.8) is 0 Å². The Bertz CT molecular complexity index is 1200. The fraction of sp³-hybridized carbons (Fsp3) is 0.160.